The lowest BCUT2D eigenvalue weighted by molar-refractivity contribution is -0.129. The van der Waals surface area contributed by atoms with E-state index in [-0.39, 0.29) is 23.4 Å². The molecule has 1 amide bonds. The maximum Gasteiger partial charge on any atom is 0.353 e. The lowest BCUT2D eigenvalue weighted by Crippen LogP contribution is -2.29. The third-order valence-electron chi connectivity index (χ3n) is 2.59. The largest absolute Gasteiger partial charge is 0.477 e. The predicted molar refractivity (Wildman–Crippen MR) is 64.3 cm³/mol. The molecule has 0 saturated carbocycles. The minimum absolute atomic E-state index is 0.00937. The Kier molecular flexibility index (Phi) is 3.61. The van der Waals surface area contributed by atoms with Crippen LogP contribution in [0.2, 0.25) is 0 Å². The average molecular weight is 277 g/mol. The Morgan fingerprint density at radius 2 is 2.30 bits per heavy atom. The second-order valence-corrected chi connectivity index (χ2v) is 3.90. The predicted octanol–water partition coefficient (Wildman–Crippen LogP) is 0.865. The van der Waals surface area contributed by atoms with E-state index in [2.05, 4.69) is 15.3 Å². The van der Waals surface area contributed by atoms with Crippen molar-refractivity contribution in [2.45, 2.75) is 12.5 Å². The van der Waals surface area contributed by atoms with Gasteiger partial charge in [-0.2, -0.15) is 5.26 Å². The van der Waals surface area contributed by atoms with E-state index in [0.29, 0.717) is 0 Å². The fourth-order valence-corrected chi connectivity index (χ4v) is 1.60. The molecule has 1 aliphatic rings. The first-order valence-electron chi connectivity index (χ1n) is 5.48. The van der Waals surface area contributed by atoms with E-state index in [1.165, 1.54) is 12.1 Å². The first-order valence-corrected chi connectivity index (χ1v) is 5.48. The molecule has 0 aromatic heterocycles. The number of nitrogens with one attached hydrogen (secondary N) is 1. The van der Waals surface area contributed by atoms with E-state index in [1.807, 2.05) is 0 Å². The Bertz CT molecular complexity index is 651. The summed E-state index contributed by atoms with van der Waals surface area (Å²) in [6.07, 6.45) is -1.31. The molecule has 0 radical (unpaired) electrons. The van der Waals surface area contributed by atoms with Gasteiger partial charge in [0.25, 0.3) is 5.91 Å². The Hall–Kier alpha value is -2.95. The van der Waals surface area contributed by atoms with Gasteiger partial charge >= 0.3 is 5.97 Å². The number of amides is 1. The fraction of sp³-hybridized carbons (Fsp3) is 0.167. The quantitative estimate of drug-likeness (QED) is 0.851. The molecule has 0 saturated heterocycles. The van der Waals surface area contributed by atoms with Gasteiger partial charge in [0.1, 0.15) is 17.4 Å². The number of hydrogen-bond acceptors (Lipinski definition) is 5. The van der Waals surface area contributed by atoms with Gasteiger partial charge in [-0.05, 0) is 12.1 Å². The smallest absolute Gasteiger partial charge is 0.353 e. The number of carbonyl (C=O) groups excluding carboxylic acids is 1. The molecule has 2 rings (SSSR count). The number of aliphatic carboxylic acids is 1. The van der Waals surface area contributed by atoms with Gasteiger partial charge in [0, 0.05) is 6.42 Å². The molecule has 1 aromatic carbocycles. The second-order valence-electron chi connectivity index (χ2n) is 3.90. The van der Waals surface area contributed by atoms with E-state index in [0.717, 1.165) is 6.07 Å². The van der Waals surface area contributed by atoms with Gasteiger partial charge in [-0.1, -0.05) is 11.2 Å². The number of anilines is 1. The van der Waals surface area contributed by atoms with Crippen LogP contribution in [0.4, 0.5) is 10.1 Å². The standard InChI is InChI=1S/C12H8FN3O4/c13-7-2-1-3-8(6(7)5-14)15-11(17)10-4-9(12(18)19)16-20-10/h1-3,10H,4H2,(H,15,17)(H,18,19). The molecule has 102 valence electrons. The number of halogens is 1. The normalized spacial score (nSPS) is 16.8. The van der Waals surface area contributed by atoms with Crippen LogP contribution in [0.5, 0.6) is 0 Å². The summed E-state index contributed by atoms with van der Waals surface area (Å²) in [5.74, 6) is -2.74. The topological polar surface area (TPSA) is 112 Å². The molecule has 1 heterocycles. The first kappa shape index (κ1) is 13.5. The number of oxime groups is 1. The third-order valence-corrected chi connectivity index (χ3v) is 2.59. The van der Waals surface area contributed by atoms with Crippen molar-refractivity contribution in [1.29, 1.82) is 5.26 Å². The maximum atomic E-state index is 13.3. The SMILES string of the molecule is N#Cc1c(F)cccc1NC(=O)C1CC(C(=O)O)=NO1. The van der Waals surface area contributed by atoms with Gasteiger partial charge in [-0.3, -0.25) is 4.79 Å². The summed E-state index contributed by atoms with van der Waals surface area (Å²) in [7, 11) is 0. The van der Waals surface area contributed by atoms with Crippen molar-refractivity contribution in [1.82, 2.24) is 0 Å². The molecule has 0 bridgehead atoms. The van der Waals surface area contributed by atoms with Crippen molar-refractivity contribution in [3.63, 3.8) is 0 Å². The van der Waals surface area contributed by atoms with Crippen molar-refractivity contribution >= 4 is 23.3 Å². The number of carboxylic acids is 1. The van der Waals surface area contributed by atoms with Crippen molar-refractivity contribution in [3.05, 3.63) is 29.6 Å². The van der Waals surface area contributed by atoms with E-state index in [1.54, 1.807) is 6.07 Å². The zero-order valence-corrected chi connectivity index (χ0v) is 9.96. The van der Waals surface area contributed by atoms with Crippen molar-refractivity contribution in [2.24, 2.45) is 5.16 Å². The molecular formula is C12H8FN3O4. The van der Waals surface area contributed by atoms with Gasteiger partial charge in [-0.25, -0.2) is 9.18 Å². The minimum atomic E-state index is -1.27. The van der Waals surface area contributed by atoms with Gasteiger partial charge in [-0.15, -0.1) is 0 Å². The highest BCUT2D eigenvalue weighted by Crippen LogP contribution is 2.19. The van der Waals surface area contributed by atoms with Crippen LogP contribution in [0.3, 0.4) is 0 Å². The third kappa shape index (κ3) is 2.56. The van der Waals surface area contributed by atoms with Crippen LogP contribution in [-0.4, -0.2) is 28.8 Å². The summed E-state index contributed by atoms with van der Waals surface area (Å²) in [5, 5.41) is 23.1. The van der Waals surface area contributed by atoms with Crippen LogP contribution >= 0.6 is 0 Å². The summed E-state index contributed by atoms with van der Waals surface area (Å²) in [6, 6.07) is 5.41. The van der Waals surface area contributed by atoms with E-state index < -0.39 is 23.8 Å². The number of carbonyl (C=O) groups is 2. The van der Waals surface area contributed by atoms with Gasteiger partial charge in [0.15, 0.2) is 5.71 Å². The zero-order valence-electron chi connectivity index (χ0n) is 9.96. The molecule has 0 spiro atoms. The Morgan fingerprint density at radius 3 is 2.90 bits per heavy atom. The highest BCUT2D eigenvalue weighted by atomic mass is 19.1. The highest BCUT2D eigenvalue weighted by molar-refractivity contribution is 6.36. The van der Waals surface area contributed by atoms with Crippen molar-refractivity contribution in [2.75, 3.05) is 5.32 Å². The zero-order chi connectivity index (χ0) is 14.7. The van der Waals surface area contributed by atoms with Gasteiger partial charge in [0.2, 0.25) is 6.10 Å². The number of benzene rings is 1. The van der Waals surface area contributed by atoms with E-state index in [9.17, 15) is 14.0 Å². The lowest BCUT2D eigenvalue weighted by atomic mass is 10.1. The number of nitriles is 1. The summed E-state index contributed by atoms with van der Waals surface area (Å²) in [6.45, 7) is 0. The molecule has 7 nitrogen and oxygen atoms in total. The fourth-order valence-electron chi connectivity index (χ4n) is 1.60. The molecule has 1 unspecified atom stereocenters. The van der Waals surface area contributed by atoms with Crippen LogP contribution in [0, 0.1) is 17.1 Å². The molecule has 1 aliphatic heterocycles. The molecule has 1 atom stereocenters. The molecule has 2 N–H and O–H groups in total. The van der Waals surface area contributed by atoms with Crippen LogP contribution in [-0.2, 0) is 14.4 Å². The molecule has 8 heteroatoms. The van der Waals surface area contributed by atoms with Crippen molar-refractivity contribution < 1.29 is 23.9 Å². The summed E-state index contributed by atoms with van der Waals surface area (Å²) in [5.41, 5.74) is -0.590. The molecule has 0 fully saturated rings. The maximum absolute atomic E-state index is 13.3. The van der Waals surface area contributed by atoms with E-state index in [4.69, 9.17) is 10.4 Å². The lowest BCUT2D eigenvalue weighted by Gasteiger charge is -2.10. The Balaban J connectivity index is 2.09. The van der Waals surface area contributed by atoms with Gasteiger partial charge < -0.3 is 15.3 Å². The minimum Gasteiger partial charge on any atom is -0.477 e. The van der Waals surface area contributed by atoms with Crippen LogP contribution in [0.1, 0.15) is 12.0 Å². The summed E-state index contributed by atoms with van der Waals surface area (Å²) >= 11 is 0. The van der Waals surface area contributed by atoms with E-state index >= 15 is 0 Å². The molecule has 0 aliphatic carbocycles. The molecule has 20 heavy (non-hydrogen) atoms. The van der Waals surface area contributed by atoms with Crippen LogP contribution in [0.25, 0.3) is 0 Å². The first-order chi connectivity index (χ1) is 9.52. The van der Waals surface area contributed by atoms with Crippen molar-refractivity contribution in [3.8, 4) is 6.07 Å². The van der Waals surface area contributed by atoms with Gasteiger partial charge in [0.05, 0.1) is 5.69 Å². The summed E-state index contributed by atoms with van der Waals surface area (Å²) < 4.78 is 13.3. The summed E-state index contributed by atoms with van der Waals surface area (Å²) in [4.78, 5) is 27.1. The monoisotopic (exact) mass is 277 g/mol. The number of carboxylic acid groups (broad SMARTS) is 1. The number of hydrogen-bond donors (Lipinski definition) is 2. The molecule has 1 aromatic rings. The Labute approximate surface area is 112 Å². The average Bonchev–Trinajstić information content (AvgIpc) is 2.89. The van der Waals surface area contributed by atoms with Crippen LogP contribution < -0.4 is 5.32 Å². The number of rotatable bonds is 3. The molecular weight excluding hydrogens is 269 g/mol. The van der Waals surface area contributed by atoms with Crippen LogP contribution in [0.15, 0.2) is 23.4 Å². The highest BCUT2D eigenvalue weighted by Gasteiger charge is 2.31. The Morgan fingerprint density at radius 1 is 1.55 bits per heavy atom. The number of nitrogens with zero attached hydrogens (tertiary/aromatic N) is 2. The second kappa shape index (κ2) is 5.36.